The number of carbonyl (C=O) groups is 2. The monoisotopic (exact) mass is 434 g/mol. The minimum absolute atomic E-state index is 0.0567. The third-order valence-corrected chi connectivity index (χ3v) is 7.01. The Morgan fingerprint density at radius 2 is 1.84 bits per heavy atom. The van der Waals surface area contributed by atoms with Crippen LogP contribution in [0.4, 0.5) is 5.69 Å². The van der Waals surface area contributed by atoms with Crippen molar-refractivity contribution < 1.29 is 19.4 Å². The Bertz CT molecular complexity index is 1190. The number of amidine groups is 1. The first-order chi connectivity index (χ1) is 15.0. The molecule has 0 amide bonds. The number of aliphatic imine (C=N–C) groups is 1. The number of allylic oxidation sites excluding steroid dienone is 1. The third kappa shape index (κ3) is 2.87. The van der Waals surface area contributed by atoms with Gasteiger partial charge in [0, 0.05) is 22.4 Å². The van der Waals surface area contributed by atoms with Crippen molar-refractivity contribution in [1.29, 1.82) is 0 Å². The molecule has 1 unspecified atom stereocenters. The van der Waals surface area contributed by atoms with E-state index in [1.54, 1.807) is 36.3 Å². The van der Waals surface area contributed by atoms with Gasteiger partial charge in [-0.3, -0.25) is 14.5 Å². The van der Waals surface area contributed by atoms with E-state index in [-0.39, 0.29) is 22.8 Å². The van der Waals surface area contributed by atoms with Crippen LogP contribution in [0, 0.1) is 0 Å². The fourth-order valence-corrected chi connectivity index (χ4v) is 5.58. The summed E-state index contributed by atoms with van der Waals surface area (Å²) in [6, 6.07) is 12.3. The number of fused-ring (bicyclic) bond motifs is 4. The van der Waals surface area contributed by atoms with Gasteiger partial charge in [-0.15, -0.1) is 0 Å². The molecule has 2 aromatic carbocycles. The molecule has 158 valence electrons. The first kappa shape index (κ1) is 20.0. The third-order valence-electron chi connectivity index (χ3n) is 6.00. The highest BCUT2D eigenvalue weighted by molar-refractivity contribution is 8.14. The predicted molar refractivity (Wildman–Crippen MR) is 120 cm³/mol. The van der Waals surface area contributed by atoms with Gasteiger partial charge in [-0.05, 0) is 36.4 Å². The molecule has 2 heterocycles. The number of anilines is 1. The van der Waals surface area contributed by atoms with E-state index in [4.69, 9.17) is 4.74 Å². The van der Waals surface area contributed by atoms with Crippen LogP contribution in [0.2, 0.25) is 0 Å². The standard InChI is InChI=1S/C24H22N2O4S/c1-3-4-7-12-24(29)19-20(22(28)16-9-6-5-8-15(16)21(19)27)25-23-26(24)17-11-10-14(30-2)13-18(17)31-23/h5-6,8-11,13,29H,3-4,7,12H2,1-2H3. The molecular weight excluding hydrogens is 412 g/mol. The highest BCUT2D eigenvalue weighted by Crippen LogP contribution is 2.52. The zero-order chi connectivity index (χ0) is 21.8. The molecule has 3 aliphatic rings. The van der Waals surface area contributed by atoms with E-state index in [2.05, 4.69) is 11.9 Å². The number of methoxy groups -OCH3 is 1. The van der Waals surface area contributed by atoms with Crippen molar-refractivity contribution in [3.05, 3.63) is 64.9 Å². The molecule has 0 saturated heterocycles. The van der Waals surface area contributed by atoms with Crippen molar-refractivity contribution in [1.82, 2.24) is 0 Å². The van der Waals surface area contributed by atoms with Crippen LogP contribution in [-0.4, -0.2) is 34.7 Å². The second-order valence-electron chi connectivity index (χ2n) is 7.87. The number of carbonyl (C=O) groups excluding carboxylic acids is 2. The molecule has 7 heteroatoms. The molecule has 2 aromatic rings. The molecule has 6 nitrogen and oxygen atoms in total. The highest BCUT2D eigenvalue weighted by Gasteiger charge is 2.54. The molecule has 0 aromatic heterocycles. The maximum absolute atomic E-state index is 13.6. The second kappa shape index (κ2) is 7.35. The summed E-state index contributed by atoms with van der Waals surface area (Å²) < 4.78 is 5.34. The minimum atomic E-state index is -1.64. The zero-order valence-electron chi connectivity index (χ0n) is 17.3. The number of benzene rings is 2. The molecule has 0 radical (unpaired) electrons. The van der Waals surface area contributed by atoms with Crippen molar-refractivity contribution in [2.75, 3.05) is 12.0 Å². The Kier molecular flexibility index (Phi) is 4.75. The Hall–Kier alpha value is -2.90. The maximum Gasteiger partial charge on any atom is 0.212 e. The molecule has 5 rings (SSSR count). The minimum Gasteiger partial charge on any atom is -0.497 e. The Morgan fingerprint density at radius 1 is 1.10 bits per heavy atom. The molecule has 1 N–H and O–H groups in total. The summed E-state index contributed by atoms with van der Waals surface area (Å²) in [5.41, 5.74) is -0.0900. The van der Waals surface area contributed by atoms with Crippen molar-refractivity contribution in [2.45, 2.75) is 43.2 Å². The van der Waals surface area contributed by atoms with Gasteiger partial charge in [0.05, 0.1) is 18.4 Å². The summed E-state index contributed by atoms with van der Waals surface area (Å²) in [6.45, 7) is 2.08. The quantitative estimate of drug-likeness (QED) is 0.694. The normalized spacial score (nSPS) is 21.4. The van der Waals surface area contributed by atoms with E-state index in [0.717, 1.165) is 23.4 Å². The summed E-state index contributed by atoms with van der Waals surface area (Å²) in [6.07, 6.45) is 2.92. The Morgan fingerprint density at radius 3 is 2.55 bits per heavy atom. The molecule has 1 atom stereocenters. The number of thioether (sulfide) groups is 1. The first-order valence-electron chi connectivity index (χ1n) is 10.4. The van der Waals surface area contributed by atoms with Gasteiger partial charge in [-0.1, -0.05) is 44.0 Å². The molecule has 0 bridgehead atoms. The second-order valence-corrected chi connectivity index (χ2v) is 8.88. The van der Waals surface area contributed by atoms with Crippen molar-refractivity contribution in [2.24, 2.45) is 4.99 Å². The number of Topliss-reactive ketones (excluding diaryl/α,β-unsaturated/α-hetero) is 2. The van der Waals surface area contributed by atoms with Crippen LogP contribution in [0.25, 0.3) is 0 Å². The fourth-order valence-electron chi connectivity index (χ4n) is 4.47. The summed E-state index contributed by atoms with van der Waals surface area (Å²) >= 11 is 1.37. The van der Waals surface area contributed by atoms with E-state index < -0.39 is 5.72 Å². The number of unbranched alkanes of at least 4 members (excludes halogenated alkanes) is 2. The summed E-state index contributed by atoms with van der Waals surface area (Å²) in [5.74, 6) is 0.0397. The number of nitrogens with zero attached hydrogens (tertiary/aromatic N) is 2. The first-order valence-corrected chi connectivity index (χ1v) is 11.2. The lowest BCUT2D eigenvalue weighted by atomic mass is 9.79. The average Bonchev–Trinajstić information content (AvgIpc) is 3.15. The van der Waals surface area contributed by atoms with E-state index in [9.17, 15) is 14.7 Å². The molecule has 0 fully saturated rings. The SMILES string of the molecule is CCCCCC1(O)C2=C(N=C3Sc4cc(OC)ccc4N31)C(=O)c1ccccc1C2=O. The lowest BCUT2D eigenvalue weighted by molar-refractivity contribution is 0.0613. The van der Waals surface area contributed by atoms with Crippen LogP contribution >= 0.6 is 11.8 Å². The number of ether oxygens (including phenoxy) is 1. The molecule has 1 aliphatic carbocycles. The van der Waals surface area contributed by atoms with Gasteiger partial charge in [0.1, 0.15) is 11.4 Å². The van der Waals surface area contributed by atoms with Crippen LogP contribution < -0.4 is 9.64 Å². The predicted octanol–water partition coefficient (Wildman–Crippen LogP) is 4.58. The van der Waals surface area contributed by atoms with Crippen molar-refractivity contribution in [3.63, 3.8) is 0 Å². The fraction of sp³-hybridized carbons (Fsp3) is 0.292. The highest BCUT2D eigenvalue weighted by atomic mass is 32.2. The zero-order valence-corrected chi connectivity index (χ0v) is 18.2. The van der Waals surface area contributed by atoms with Gasteiger partial charge < -0.3 is 9.84 Å². The molecule has 0 spiro atoms. The van der Waals surface area contributed by atoms with E-state index in [1.165, 1.54) is 11.8 Å². The van der Waals surface area contributed by atoms with Crippen LogP contribution in [0.5, 0.6) is 5.75 Å². The number of hydrogen-bond acceptors (Lipinski definition) is 7. The Labute approximate surface area is 184 Å². The smallest absolute Gasteiger partial charge is 0.212 e. The maximum atomic E-state index is 13.6. The number of rotatable bonds is 5. The lowest BCUT2D eigenvalue weighted by Crippen LogP contribution is -2.56. The summed E-state index contributed by atoms with van der Waals surface area (Å²) in [7, 11) is 1.60. The van der Waals surface area contributed by atoms with E-state index in [1.807, 2.05) is 18.2 Å². The van der Waals surface area contributed by atoms with Crippen LogP contribution in [0.1, 0.15) is 53.3 Å². The van der Waals surface area contributed by atoms with Gasteiger partial charge in [0.25, 0.3) is 0 Å². The van der Waals surface area contributed by atoms with Gasteiger partial charge >= 0.3 is 0 Å². The van der Waals surface area contributed by atoms with Crippen LogP contribution in [0.3, 0.4) is 0 Å². The molecular formula is C24H22N2O4S. The van der Waals surface area contributed by atoms with Gasteiger partial charge in [-0.2, -0.15) is 0 Å². The lowest BCUT2D eigenvalue weighted by Gasteiger charge is -2.43. The molecule has 0 saturated carbocycles. The van der Waals surface area contributed by atoms with Crippen LogP contribution in [0.15, 0.2) is 63.6 Å². The Balaban J connectivity index is 1.70. The van der Waals surface area contributed by atoms with E-state index in [0.29, 0.717) is 34.9 Å². The van der Waals surface area contributed by atoms with E-state index >= 15 is 0 Å². The van der Waals surface area contributed by atoms with Gasteiger partial charge in [-0.25, -0.2) is 4.99 Å². The average molecular weight is 435 g/mol. The topological polar surface area (TPSA) is 79.2 Å². The van der Waals surface area contributed by atoms with Gasteiger partial charge in [0.2, 0.25) is 5.78 Å². The largest absolute Gasteiger partial charge is 0.497 e. The summed E-state index contributed by atoms with van der Waals surface area (Å²) in [4.78, 5) is 34.0. The number of hydrogen-bond donors (Lipinski definition) is 1. The number of ketones is 2. The number of aliphatic hydroxyl groups is 1. The molecule has 2 aliphatic heterocycles. The summed E-state index contributed by atoms with van der Waals surface area (Å²) in [5, 5.41) is 12.6. The van der Waals surface area contributed by atoms with Gasteiger partial charge in [0.15, 0.2) is 16.7 Å². The van der Waals surface area contributed by atoms with Crippen molar-refractivity contribution in [3.8, 4) is 5.75 Å². The molecule has 31 heavy (non-hydrogen) atoms. The van der Waals surface area contributed by atoms with Crippen LogP contribution in [-0.2, 0) is 0 Å². The van der Waals surface area contributed by atoms with Crippen molar-refractivity contribution >= 4 is 34.2 Å².